The van der Waals surface area contributed by atoms with Crippen LogP contribution in [0.4, 0.5) is 5.82 Å². The SMILES string of the molecule is Cc1cc(C)n(-c2ccc(=O)n(CC3CN(c4cc(=O)n(C)c(=O)[nH]4)C3)n2)n1. The van der Waals surface area contributed by atoms with E-state index in [-0.39, 0.29) is 17.0 Å². The summed E-state index contributed by atoms with van der Waals surface area (Å²) in [5, 5.41) is 8.86. The van der Waals surface area contributed by atoms with Crippen molar-refractivity contribution < 1.29 is 0 Å². The van der Waals surface area contributed by atoms with Crippen LogP contribution in [0.2, 0.25) is 0 Å². The fourth-order valence-electron chi connectivity index (χ4n) is 3.38. The van der Waals surface area contributed by atoms with Gasteiger partial charge in [-0.25, -0.2) is 14.2 Å². The van der Waals surface area contributed by atoms with E-state index >= 15 is 0 Å². The van der Waals surface area contributed by atoms with Crippen LogP contribution in [-0.4, -0.2) is 42.2 Å². The zero-order valence-electron chi connectivity index (χ0n) is 15.9. The van der Waals surface area contributed by atoms with E-state index in [1.807, 2.05) is 24.8 Å². The Balaban J connectivity index is 1.50. The minimum absolute atomic E-state index is 0.175. The Morgan fingerprint density at radius 1 is 1.07 bits per heavy atom. The van der Waals surface area contributed by atoms with Crippen LogP contribution in [0, 0.1) is 19.8 Å². The lowest BCUT2D eigenvalue weighted by Crippen LogP contribution is -2.51. The summed E-state index contributed by atoms with van der Waals surface area (Å²) in [6.45, 7) is 5.55. The smallest absolute Gasteiger partial charge is 0.329 e. The molecule has 0 amide bonds. The molecule has 0 spiro atoms. The molecule has 4 heterocycles. The quantitative estimate of drug-likeness (QED) is 0.654. The maximum Gasteiger partial charge on any atom is 0.329 e. The number of aryl methyl sites for hydroxylation is 2. The van der Waals surface area contributed by atoms with Gasteiger partial charge in [-0.1, -0.05) is 0 Å². The van der Waals surface area contributed by atoms with Crippen LogP contribution in [0.5, 0.6) is 0 Å². The number of rotatable bonds is 4. The number of hydrogen-bond acceptors (Lipinski definition) is 6. The maximum absolute atomic E-state index is 12.2. The third-order valence-electron chi connectivity index (χ3n) is 4.94. The molecule has 1 N–H and O–H groups in total. The zero-order valence-corrected chi connectivity index (χ0v) is 15.9. The van der Waals surface area contributed by atoms with Gasteiger partial charge in [-0.3, -0.25) is 19.1 Å². The van der Waals surface area contributed by atoms with Crippen molar-refractivity contribution in [1.82, 2.24) is 29.1 Å². The number of hydrogen-bond donors (Lipinski definition) is 1. The standard InChI is InChI=1S/C18H21N7O3/c1-11-6-12(2)25(20-11)14-4-5-16(26)24(21-14)10-13-8-23(9-13)15-7-17(27)22(3)18(28)19-15/h4-7,13H,8-10H2,1-3H3,(H,19,28). The average Bonchev–Trinajstić information content (AvgIpc) is 2.95. The number of H-pyrrole nitrogens is 1. The number of anilines is 1. The average molecular weight is 383 g/mol. The summed E-state index contributed by atoms with van der Waals surface area (Å²) in [5.41, 5.74) is 0.860. The zero-order chi connectivity index (χ0) is 20.0. The molecule has 3 aromatic rings. The van der Waals surface area contributed by atoms with Gasteiger partial charge in [0.25, 0.3) is 11.1 Å². The second-order valence-corrected chi connectivity index (χ2v) is 7.18. The Bertz CT molecular complexity index is 1180. The molecule has 0 radical (unpaired) electrons. The van der Waals surface area contributed by atoms with Gasteiger partial charge in [0.15, 0.2) is 5.82 Å². The second kappa shape index (κ2) is 6.63. The number of nitrogens with one attached hydrogen (secondary N) is 1. The first-order valence-electron chi connectivity index (χ1n) is 8.99. The van der Waals surface area contributed by atoms with Crippen LogP contribution in [0.15, 0.2) is 38.6 Å². The van der Waals surface area contributed by atoms with Crippen LogP contribution in [0.25, 0.3) is 5.82 Å². The summed E-state index contributed by atoms with van der Waals surface area (Å²) in [6.07, 6.45) is 0. The van der Waals surface area contributed by atoms with E-state index in [1.165, 1.54) is 23.9 Å². The molecule has 0 atom stereocenters. The molecule has 0 saturated carbocycles. The molecule has 1 aliphatic rings. The molecule has 10 heteroatoms. The molecule has 1 aliphatic heterocycles. The van der Waals surface area contributed by atoms with Crippen molar-refractivity contribution >= 4 is 5.82 Å². The molecule has 10 nitrogen and oxygen atoms in total. The molecule has 146 valence electrons. The first-order chi connectivity index (χ1) is 13.3. The largest absolute Gasteiger partial charge is 0.357 e. The highest BCUT2D eigenvalue weighted by atomic mass is 16.2. The van der Waals surface area contributed by atoms with E-state index in [2.05, 4.69) is 15.2 Å². The molecule has 28 heavy (non-hydrogen) atoms. The summed E-state index contributed by atoms with van der Waals surface area (Å²) >= 11 is 0. The van der Waals surface area contributed by atoms with Crippen molar-refractivity contribution in [2.24, 2.45) is 13.0 Å². The topological polar surface area (TPSA) is 111 Å². The van der Waals surface area contributed by atoms with Crippen molar-refractivity contribution in [2.75, 3.05) is 18.0 Å². The molecule has 0 unspecified atom stereocenters. The van der Waals surface area contributed by atoms with Crippen LogP contribution in [0.3, 0.4) is 0 Å². The van der Waals surface area contributed by atoms with Gasteiger partial charge in [0.05, 0.1) is 12.2 Å². The number of aromatic nitrogens is 6. The molecule has 1 saturated heterocycles. The summed E-state index contributed by atoms with van der Waals surface area (Å²) in [4.78, 5) is 40.3. The Kier molecular flexibility index (Phi) is 4.25. The van der Waals surface area contributed by atoms with E-state index in [9.17, 15) is 14.4 Å². The highest BCUT2D eigenvalue weighted by Gasteiger charge is 2.29. The molecule has 0 aromatic carbocycles. The van der Waals surface area contributed by atoms with Gasteiger partial charge in [-0.2, -0.15) is 5.10 Å². The lowest BCUT2D eigenvalue weighted by molar-refractivity contribution is 0.331. The molecule has 4 rings (SSSR count). The molecule has 0 bridgehead atoms. The van der Waals surface area contributed by atoms with Gasteiger partial charge in [0.2, 0.25) is 0 Å². The predicted molar refractivity (Wildman–Crippen MR) is 103 cm³/mol. The molecule has 0 aliphatic carbocycles. The number of aromatic amines is 1. The van der Waals surface area contributed by atoms with Gasteiger partial charge in [0, 0.05) is 43.9 Å². The normalized spacial score (nSPS) is 14.3. The number of nitrogens with zero attached hydrogens (tertiary/aromatic N) is 6. The highest BCUT2D eigenvalue weighted by Crippen LogP contribution is 2.21. The second-order valence-electron chi connectivity index (χ2n) is 7.18. The lowest BCUT2D eigenvalue weighted by atomic mass is 10.0. The lowest BCUT2D eigenvalue weighted by Gasteiger charge is -2.40. The first kappa shape index (κ1) is 18.0. The highest BCUT2D eigenvalue weighted by molar-refractivity contribution is 5.40. The van der Waals surface area contributed by atoms with Crippen molar-refractivity contribution in [2.45, 2.75) is 20.4 Å². The third-order valence-corrected chi connectivity index (χ3v) is 4.94. The summed E-state index contributed by atoms with van der Waals surface area (Å²) in [5.74, 6) is 1.28. The predicted octanol–water partition coefficient (Wildman–Crippen LogP) is -0.431. The van der Waals surface area contributed by atoms with Crippen molar-refractivity contribution in [3.8, 4) is 5.82 Å². The Hall–Kier alpha value is -3.43. The van der Waals surface area contributed by atoms with Gasteiger partial charge in [0.1, 0.15) is 5.82 Å². The fraction of sp³-hybridized carbons (Fsp3) is 0.389. The van der Waals surface area contributed by atoms with Gasteiger partial charge in [-0.15, -0.1) is 5.10 Å². The van der Waals surface area contributed by atoms with Crippen LogP contribution in [0.1, 0.15) is 11.4 Å². The maximum atomic E-state index is 12.2. The van der Waals surface area contributed by atoms with Gasteiger partial charge in [-0.05, 0) is 26.0 Å². The fourth-order valence-corrected chi connectivity index (χ4v) is 3.38. The van der Waals surface area contributed by atoms with Gasteiger partial charge >= 0.3 is 5.69 Å². The molecular weight excluding hydrogens is 362 g/mol. The summed E-state index contributed by atoms with van der Waals surface area (Å²) in [6, 6.07) is 6.51. The minimum atomic E-state index is -0.443. The van der Waals surface area contributed by atoms with E-state index < -0.39 is 5.69 Å². The monoisotopic (exact) mass is 383 g/mol. The Morgan fingerprint density at radius 2 is 1.82 bits per heavy atom. The van der Waals surface area contributed by atoms with Crippen molar-refractivity contribution in [1.29, 1.82) is 0 Å². The van der Waals surface area contributed by atoms with E-state index in [0.717, 1.165) is 16.0 Å². The van der Waals surface area contributed by atoms with Crippen LogP contribution in [-0.2, 0) is 13.6 Å². The Labute approximate surface area is 159 Å². The van der Waals surface area contributed by atoms with E-state index in [1.54, 1.807) is 10.7 Å². The van der Waals surface area contributed by atoms with Gasteiger partial charge < -0.3 is 4.90 Å². The summed E-state index contributed by atoms with van der Waals surface area (Å²) < 4.78 is 4.18. The first-order valence-corrected chi connectivity index (χ1v) is 8.99. The molecule has 1 fully saturated rings. The third kappa shape index (κ3) is 3.17. The van der Waals surface area contributed by atoms with Crippen LogP contribution >= 0.6 is 0 Å². The minimum Gasteiger partial charge on any atom is -0.357 e. The summed E-state index contributed by atoms with van der Waals surface area (Å²) in [7, 11) is 1.43. The van der Waals surface area contributed by atoms with E-state index in [0.29, 0.717) is 31.3 Å². The van der Waals surface area contributed by atoms with Crippen LogP contribution < -0.4 is 21.7 Å². The Morgan fingerprint density at radius 3 is 2.46 bits per heavy atom. The van der Waals surface area contributed by atoms with Crippen molar-refractivity contribution in [3.63, 3.8) is 0 Å². The van der Waals surface area contributed by atoms with Crippen molar-refractivity contribution in [3.05, 3.63) is 66.8 Å². The van der Waals surface area contributed by atoms with E-state index in [4.69, 9.17) is 0 Å². The molecular formula is C18H21N7O3. The molecule has 3 aromatic heterocycles.